The lowest BCUT2D eigenvalue weighted by atomic mass is 9.86. The van der Waals surface area contributed by atoms with Gasteiger partial charge in [-0.15, -0.1) is 0 Å². The fourth-order valence-electron chi connectivity index (χ4n) is 2.61. The van der Waals surface area contributed by atoms with Crippen molar-refractivity contribution in [3.63, 3.8) is 0 Å². The van der Waals surface area contributed by atoms with Crippen molar-refractivity contribution in [3.8, 4) is 0 Å². The summed E-state index contributed by atoms with van der Waals surface area (Å²) in [4.78, 5) is 0. The summed E-state index contributed by atoms with van der Waals surface area (Å²) < 4.78 is 0. The predicted octanol–water partition coefficient (Wildman–Crippen LogP) is 3.68. The molecule has 0 aliphatic heterocycles. The van der Waals surface area contributed by atoms with E-state index < -0.39 is 0 Å². The molecule has 0 aromatic heterocycles. The van der Waals surface area contributed by atoms with Gasteiger partial charge in [0.15, 0.2) is 0 Å². The molecule has 0 radical (unpaired) electrons. The Kier molecular flexibility index (Phi) is 4.28. The zero-order valence-electron chi connectivity index (χ0n) is 11.5. The Labute approximate surface area is 110 Å². The van der Waals surface area contributed by atoms with Crippen LogP contribution in [0, 0.1) is 11.8 Å². The summed E-state index contributed by atoms with van der Waals surface area (Å²) in [5.74, 6) is 1.33. The van der Waals surface area contributed by atoms with Crippen molar-refractivity contribution in [2.45, 2.75) is 45.1 Å². The highest BCUT2D eigenvalue weighted by atomic mass is 16.3. The third-order valence-corrected chi connectivity index (χ3v) is 3.98. The van der Waals surface area contributed by atoms with E-state index in [4.69, 9.17) is 0 Å². The first-order chi connectivity index (χ1) is 8.66. The third-order valence-electron chi connectivity index (χ3n) is 3.98. The van der Waals surface area contributed by atoms with Crippen LogP contribution in [0.2, 0.25) is 0 Å². The summed E-state index contributed by atoms with van der Waals surface area (Å²) in [6.45, 7) is 4.73. The molecule has 18 heavy (non-hydrogen) atoms. The highest BCUT2D eigenvalue weighted by molar-refractivity contribution is 5.46. The van der Waals surface area contributed by atoms with E-state index in [0.717, 1.165) is 18.5 Å². The van der Waals surface area contributed by atoms with Gasteiger partial charge >= 0.3 is 0 Å². The minimum atomic E-state index is -0.106. The van der Waals surface area contributed by atoms with Crippen LogP contribution in [0.5, 0.6) is 0 Å². The van der Waals surface area contributed by atoms with Gasteiger partial charge in [-0.05, 0) is 49.7 Å². The van der Waals surface area contributed by atoms with Gasteiger partial charge in [-0.2, -0.15) is 0 Å². The molecule has 2 rings (SSSR count). The van der Waals surface area contributed by atoms with Crippen LogP contribution in [0.25, 0.3) is 0 Å². The summed E-state index contributed by atoms with van der Waals surface area (Å²) in [7, 11) is 0. The number of aliphatic hydroxyl groups is 1. The van der Waals surface area contributed by atoms with Gasteiger partial charge in [-0.3, -0.25) is 0 Å². The van der Waals surface area contributed by atoms with Crippen molar-refractivity contribution >= 4 is 5.69 Å². The van der Waals surface area contributed by atoms with E-state index in [2.05, 4.69) is 31.3 Å². The lowest BCUT2D eigenvalue weighted by Crippen LogP contribution is -2.44. The second-order valence-corrected chi connectivity index (χ2v) is 6.01. The summed E-state index contributed by atoms with van der Waals surface area (Å²) in [6, 6.07) is 10.3. The molecule has 1 saturated carbocycles. The zero-order chi connectivity index (χ0) is 13.0. The molecule has 1 fully saturated rings. The topological polar surface area (TPSA) is 32.3 Å². The van der Waals surface area contributed by atoms with Gasteiger partial charge in [0.2, 0.25) is 0 Å². The Balaban J connectivity index is 2.08. The number of hydrogen-bond acceptors (Lipinski definition) is 2. The predicted molar refractivity (Wildman–Crippen MR) is 76.7 cm³/mol. The van der Waals surface area contributed by atoms with Crippen LogP contribution in [-0.2, 0) is 0 Å². The standard InChI is InChI=1S/C16H25NO/c1-13(2)10-11-16(12-18,14-8-9-14)17-15-6-4-3-5-7-15/h3-7,13-14,17-18H,8-12H2,1-2H3. The maximum atomic E-state index is 9.90. The SMILES string of the molecule is CC(C)CCC(CO)(Nc1ccccc1)C1CC1. The summed E-state index contributed by atoms with van der Waals surface area (Å²) in [5.41, 5.74) is 1.02. The van der Waals surface area contributed by atoms with Crippen LogP contribution in [-0.4, -0.2) is 17.3 Å². The van der Waals surface area contributed by atoms with Crippen LogP contribution in [0.15, 0.2) is 30.3 Å². The zero-order valence-corrected chi connectivity index (χ0v) is 11.5. The van der Waals surface area contributed by atoms with Crippen molar-refractivity contribution in [3.05, 3.63) is 30.3 Å². The molecule has 1 unspecified atom stereocenters. The second kappa shape index (κ2) is 5.75. The molecule has 0 saturated heterocycles. The van der Waals surface area contributed by atoms with Crippen molar-refractivity contribution in [1.82, 2.24) is 0 Å². The fraction of sp³-hybridized carbons (Fsp3) is 0.625. The van der Waals surface area contributed by atoms with Crippen molar-refractivity contribution in [1.29, 1.82) is 0 Å². The summed E-state index contributed by atoms with van der Waals surface area (Å²) in [6.07, 6.45) is 4.72. The summed E-state index contributed by atoms with van der Waals surface area (Å²) in [5, 5.41) is 13.5. The van der Waals surface area contributed by atoms with Crippen molar-refractivity contribution < 1.29 is 5.11 Å². The molecule has 2 heteroatoms. The Bertz CT molecular complexity index is 359. The number of hydrogen-bond donors (Lipinski definition) is 2. The molecular formula is C16H25NO. The van der Waals surface area contributed by atoms with E-state index in [0.29, 0.717) is 11.8 Å². The molecule has 0 spiro atoms. The molecule has 1 atom stereocenters. The van der Waals surface area contributed by atoms with Gasteiger partial charge in [0.05, 0.1) is 12.1 Å². The fourth-order valence-corrected chi connectivity index (χ4v) is 2.61. The number of anilines is 1. The Morgan fingerprint density at radius 1 is 1.28 bits per heavy atom. The normalized spacial score (nSPS) is 18.7. The number of benzene rings is 1. The number of nitrogens with one attached hydrogen (secondary N) is 1. The van der Waals surface area contributed by atoms with E-state index in [9.17, 15) is 5.11 Å². The highest BCUT2D eigenvalue weighted by Gasteiger charge is 2.44. The maximum Gasteiger partial charge on any atom is 0.0664 e. The average Bonchev–Trinajstić information content (AvgIpc) is 3.20. The molecule has 0 bridgehead atoms. The lowest BCUT2D eigenvalue weighted by Gasteiger charge is -2.35. The van der Waals surface area contributed by atoms with Crippen molar-refractivity contribution in [2.75, 3.05) is 11.9 Å². The van der Waals surface area contributed by atoms with Gasteiger partial charge in [-0.1, -0.05) is 32.0 Å². The van der Waals surface area contributed by atoms with Gasteiger partial charge in [0.25, 0.3) is 0 Å². The van der Waals surface area contributed by atoms with Crippen LogP contribution in [0.4, 0.5) is 5.69 Å². The van der Waals surface area contributed by atoms with E-state index in [1.54, 1.807) is 0 Å². The van der Waals surface area contributed by atoms with Gasteiger partial charge in [-0.25, -0.2) is 0 Å². The molecule has 2 nitrogen and oxygen atoms in total. The number of aliphatic hydroxyl groups excluding tert-OH is 1. The molecule has 2 N–H and O–H groups in total. The van der Waals surface area contributed by atoms with Crippen LogP contribution in [0.3, 0.4) is 0 Å². The molecule has 1 aromatic rings. The van der Waals surface area contributed by atoms with Crippen LogP contribution in [0.1, 0.15) is 39.5 Å². The lowest BCUT2D eigenvalue weighted by molar-refractivity contribution is 0.177. The first-order valence-corrected chi connectivity index (χ1v) is 7.10. The minimum Gasteiger partial charge on any atom is -0.394 e. The Morgan fingerprint density at radius 2 is 1.94 bits per heavy atom. The first kappa shape index (κ1) is 13.4. The molecule has 1 aromatic carbocycles. The molecule has 100 valence electrons. The number of para-hydroxylation sites is 1. The largest absolute Gasteiger partial charge is 0.394 e. The molecule has 1 aliphatic carbocycles. The monoisotopic (exact) mass is 247 g/mol. The van der Waals surface area contributed by atoms with E-state index in [1.807, 2.05) is 18.2 Å². The van der Waals surface area contributed by atoms with Crippen LogP contribution >= 0.6 is 0 Å². The van der Waals surface area contributed by atoms with Crippen LogP contribution < -0.4 is 5.32 Å². The second-order valence-electron chi connectivity index (χ2n) is 6.01. The Morgan fingerprint density at radius 3 is 2.44 bits per heavy atom. The molecule has 0 amide bonds. The number of rotatable bonds is 7. The summed E-state index contributed by atoms with van der Waals surface area (Å²) >= 11 is 0. The van der Waals surface area contributed by atoms with Crippen molar-refractivity contribution in [2.24, 2.45) is 11.8 Å². The highest BCUT2D eigenvalue weighted by Crippen LogP contribution is 2.44. The van der Waals surface area contributed by atoms with Gasteiger partial charge in [0.1, 0.15) is 0 Å². The van der Waals surface area contributed by atoms with E-state index >= 15 is 0 Å². The third kappa shape index (κ3) is 3.26. The van der Waals surface area contributed by atoms with Gasteiger partial charge < -0.3 is 10.4 Å². The molecule has 1 aliphatic rings. The molecular weight excluding hydrogens is 222 g/mol. The molecule has 0 heterocycles. The quantitative estimate of drug-likeness (QED) is 0.770. The van der Waals surface area contributed by atoms with E-state index in [-0.39, 0.29) is 12.1 Å². The maximum absolute atomic E-state index is 9.90. The smallest absolute Gasteiger partial charge is 0.0664 e. The Hall–Kier alpha value is -1.02. The van der Waals surface area contributed by atoms with E-state index in [1.165, 1.54) is 12.8 Å². The minimum absolute atomic E-state index is 0.106. The average molecular weight is 247 g/mol. The first-order valence-electron chi connectivity index (χ1n) is 7.10. The van der Waals surface area contributed by atoms with Gasteiger partial charge in [0, 0.05) is 5.69 Å².